The molecule has 2 N–H and O–H groups in total. The summed E-state index contributed by atoms with van der Waals surface area (Å²) in [6.07, 6.45) is 0. The third-order valence-electron chi connectivity index (χ3n) is 1.18. The highest BCUT2D eigenvalue weighted by molar-refractivity contribution is 7.55. The van der Waals surface area contributed by atoms with Gasteiger partial charge >= 0.3 is 0 Å². The first-order chi connectivity index (χ1) is 4.81. The quantitative estimate of drug-likeness (QED) is 0.310. The average Bonchev–Trinajstić information content (AvgIpc) is 1.98. The molecule has 0 spiro atoms. The highest BCUT2D eigenvalue weighted by Crippen LogP contribution is 1.75. The largest absolute Gasteiger partial charge is 0.305 e. The molecule has 0 aliphatic heterocycles. The van der Waals surface area contributed by atoms with Crippen molar-refractivity contribution in [3.63, 3.8) is 0 Å². The van der Waals surface area contributed by atoms with E-state index in [1.807, 2.05) is 4.31 Å². The molecule has 0 saturated heterocycles. The Labute approximate surface area is 68.7 Å². The Morgan fingerprint density at radius 3 is 2.50 bits per heavy atom. The molecular formula is C6H18N3S+. The molecule has 0 rings (SSSR count). The van der Waals surface area contributed by atoms with Crippen molar-refractivity contribution in [2.45, 2.75) is 13.8 Å². The summed E-state index contributed by atoms with van der Waals surface area (Å²) < 4.78 is 2.03. The maximum absolute atomic E-state index is 3.42. The Hall–Kier alpha value is 0.230. The molecule has 0 atom stereocenters. The second-order valence-electron chi connectivity index (χ2n) is 2.04. The monoisotopic (exact) mass is 164 g/mol. The first-order valence-electron chi connectivity index (χ1n) is 3.68. The van der Waals surface area contributed by atoms with Gasteiger partial charge in [-0.15, -0.1) is 4.31 Å². The summed E-state index contributed by atoms with van der Waals surface area (Å²) in [7, 11) is 0. The van der Waals surface area contributed by atoms with Crippen molar-refractivity contribution in [1.29, 1.82) is 0 Å². The van der Waals surface area contributed by atoms with Gasteiger partial charge in [-0.1, -0.05) is 6.92 Å². The van der Waals surface area contributed by atoms with Crippen LogP contribution in [-0.4, -0.2) is 30.7 Å². The molecule has 0 radical (unpaired) electrons. The average molecular weight is 164 g/mol. The minimum Gasteiger partial charge on any atom is -0.305 e. The molecule has 0 saturated carbocycles. The van der Waals surface area contributed by atoms with Gasteiger partial charge in [-0.3, -0.25) is 5.32 Å². The van der Waals surface area contributed by atoms with Gasteiger partial charge in [0.25, 0.3) is 0 Å². The lowest BCUT2D eigenvalue weighted by molar-refractivity contribution is 0.432. The zero-order valence-corrected chi connectivity index (χ0v) is 7.78. The van der Waals surface area contributed by atoms with Crippen molar-refractivity contribution < 1.29 is 0 Å². The van der Waals surface area contributed by atoms with E-state index in [2.05, 4.69) is 37.3 Å². The smallest absolute Gasteiger partial charge is 0.0944 e. The van der Waals surface area contributed by atoms with Crippen molar-refractivity contribution >= 4 is 12.8 Å². The lowest BCUT2D eigenvalue weighted by Gasteiger charge is -2.07. The minimum atomic E-state index is 0.872. The van der Waals surface area contributed by atoms with Crippen LogP contribution in [0.5, 0.6) is 0 Å². The summed E-state index contributed by atoms with van der Waals surface area (Å²) in [5, 5.41) is 6.37. The molecular weight excluding hydrogens is 146 g/mol. The molecule has 3 nitrogen and oxygen atoms in total. The van der Waals surface area contributed by atoms with Crippen LogP contribution in [0.3, 0.4) is 0 Å². The van der Waals surface area contributed by atoms with Crippen LogP contribution >= 0.6 is 0 Å². The molecule has 0 aliphatic rings. The Balaban J connectivity index is 2.89. The fraction of sp³-hybridized carbons (Fsp3) is 1.00. The molecule has 10 heavy (non-hydrogen) atoms. The number of hydrogen-bond acceptors (Lipinski definition) is 3. The second kappa shape index (κ2) is 7.34. The molecule has 0 amide bonds. The Morgan fingerprint density at radius 2 is 2.00 bits per heavy atom. The van der Waals surface area contributed by atoms with E-state index < -0.39 is 0 Å². The summed E-state index contributed by atoms with van der Waals surface area (Å²) in [6.45, 7) is 7.96. The normalized spacial score (nSPS) is 10.8. The zero-order chi connectivity index (χ0) is 7.82. The molecule has 0 bridgehead atoms. The Bertz CT molecular complexity index is 70.0. The molecule has 0 heterocycles. The molecule has 0 aromatic carbocycles. The van der Waals surface area contributed by atoms with Crippen molar-refractivity contribution in [3.05, 3.63) is 0 Å². The number of rotatable bonds is 6. The van der Waals surface area contributed by atoms with Crippen LogP contribution in [0.2, 0.25) is 0 Å². The van der Waals surface area contributed by atoms with E-state index in [0.29, 0.717) is 0 Å². The number of hydrogen-bond donors (Lipinski definition) is 2. The van der Waals surface area contributed by atoms with Crippen LogP contribution < -0.4 is 10.6 Å². The van der Waals surface area contributed by atoms with Crippen molar-refractivity contribution in [3.8, 4) is 0 Å². The Kier molecular flexibility index (Phi) is 7.51. The van der Waals surface area contributed by atoms with Gasteiger partial charge in [-0.25, -0.2) is 0 Å². The van der Waals surface area contributed by atoms with Crippen LogP contribution in [0.25, 0.3) is 0 Å². The Morgan fingerprint density at radius 1 is 1.30 bits per heavy atom. The van der Waals surface area contributed by atoms with Gasteiger partial charge < -0.3 is 5.32 Å². The third-order valence-corrected chi connectivity index (χ3v) is 1.66. The SMILES string of the molecule is CCNCNCN([SH2+])CC. The van der Waals surface area contributed by atoms with Gasteiger partial charge in [-0.2, -0.15) is 0 Å². The predicted molar refractivity (Wildman–Crippen MR) is 49.1 cm³/mol. The summed E-state index contributed by atoms with van der Waals surface area (Å²) in [4.78, 5) is 0. The standard InChI is InChI=1S/C6H17N3S/c1-3-7-5-8-6-9(10)4-2/h7-8,10H,3-6H2,1-2H3/p+1. The second-order valence-corrected chi connectivity index (χ2v) is 2.68. The summed E-state index contributed by atoms with van der Waals surface area (Å²) in [6, 6.07) is 0. The fourth-order valence-corrected chi connectivity index (χ4v) is 0.628. The number of nitrogens with one attached hydrogen (secondary N) is 2. The first-order valence-corrected chi connectivity index (χ1v) is 4.13. The molecule has 0 fully saturated rings. The predicted octanol–water partition coefficient (Wildman–Crippen LogP) is -0.651. The summed E-state index contributed by atoms with van der Waals surface area (Å²) in [5.41, 5.74) is 0. The van der Waals surface area contributed by atoms with Crippen LogP contribution in [0.4, 0.5) is 0 Å². The highest BCUT2D eigenvalue weighted by Gasteiger charge is 1.96. The fourth-order valence-electron chi connectivity index (χ4n) is 0.516. The maximum Gasteiger partial charge on any atom is 0.0944 e. The third kappa shape index (κ3) is 6.35. The first kappa shape index (κ1) is 10.2. The molecule has 0 unspecified atom stereocenters. The molecule has 0 aromatic heterocycles. The van der Waals surface area contributed by atoms with Gasteiger partial charge in [0.15, 0.2) is 0 Å². The van der Waals surface area contributed by atoms with E-state index in [1.54, 1.807) is 0 Å². The van der Waals surface area contributed by atoms with Gasteiger partial charge in [-0.05, 0) is 13.5 Å². The van der Waals surface area contributed by atoms with Crippen molar-refractivity contribution in [2.24, 2.45) is 0 Å². The number of nitrogens with zero attached hydrogens (tertiary/aromatic N) is 1. The van der Waals surface area contributed by atoms with Crippen LogP contribution in [-0.2, 0) is 12.8 Å². The van der Waals surface area contributed by atoms with E-state index in [9.17, 15) is 0 Å². The van der Waals surface area contributed by atoms with Gasteiger partial charge in [0.2, 0.25) is 0 Å². The van der Waals surface area contributed by atoms with Gasteiger partial charge in [0.05, 0.1) is 6.67 Å². The molecule has 62 valence electrons. The lowest BCUT2D eigenvalue weighted by Crippen LogP contribution is -2.36. The molecule has 4 heteroatoms. The molecule has 0 aliphatic carbocycles. The maximum atomic E-state index is 3.42. The summed E-state index contributed by atoms with van der Waals surface area (Å²) >= 11 is 3.42. The van der Waals surface area contributed by atoms with E-state index in [0.717, 1.165) is 26.4 Å². The van der Waals surface area contributed by atoms with Crippen LogP contribution in [0, 0.1) is 0 Å². The van der Waals surface area contributed by atoms with E-state index in [4.69, 9.17) is 0 Å². The lowest BCUT2D eigenvalue weighted by atomic mass is 10.7. The minimum absolute atomic E-state index is 0.872. The van der Waals surface area contributed by atoms with Crippen molar-refractivity contribution in [1.82, 2.24) is 14.9 Å². The van der Waals surface area contributed by atoms with Gasteiger partial charge in [0.1, 0.15) is 0 Å². The van der Waals surface area contributed by atoms with Gasteiger partial charge in [0, 0.05) is 26.0 Å². The van der Waals surface area contributed by atoms with Crippen LogP contribution in [0.1, 0.15) is 13.8 Å². The molecule has 0 aromatic rings. The van der Waals surface area contributed by atoms with Crippen LogP contribution in [0.15, 0.2) is 0 Å². The van der Waals surface area contributed by atoms with E-state index >= 15 is 0 Å². The van der Waals surface area contributed by atoms with E-state index in [-0.39, 0.29) is 0 Å². The highest BCUT2D eigenvalue weighted by atomic mass is 32.1. The zero-order valence-electron chi connectivity index (χ0n) is 6.78. The van der Waals surface area contributed by atoms with E-state index in [1.165, 1.54) is 0 Å². The summed E-state index contributed by atoms with van der Waals surface area (Å²) in [5.74, 6) is 0. The van der Waals surface area contributed by atoms with Crippen molar-refractivity contribution in [2.75, 3.05) is 26.4 Å². The topological polar surface area (TPSA) is 27.3 Å².